The number of hydrogen-bond donors (Lipinski definition) is 0. The summed E-state index contributed by atoms with van der Waals surface area (Å²) < 4.78 is 10.4. The van der Waals surface area contributed by atoms with Gasteiger partial charge in [0.25, 0.3) is 0 Å². The molecular weight excluding hydrogens is 192 g/mol. The second-order valence-corrected chi connectivity index (χ2v) is 4.90. The molecule has 0 aromatic rings. The van der Waals surface area contributed by atoms with Crippen molar-refractivity contribution in [3.05, 3.63) is 0 Å². The van der Waals surface area contributed by atoms with E-state index in [1.807, 2.05) is 6.92 Å². The summed E-state index contributed by atoms with van der Waals surface area (Å²) in [6, 6.07) is 0. The van der Waals surface area contributed by atoms with Gasteiger partial charge in [-0.05, 0) is 39.5 Å². The Morgan fingerprint density at radius 2 is 2.13 bits per heavy atom. The lowest BCUT2D eigenvalue weighted by Gasteiger charge is -2.09. The van der Waals surface area contributed by atoms with Crippen LogP contribution in [0.2, 0.25) is 0 Å². The first-order valence-corrected chi connectivity index (χ1v) is 5.79. The zero-order valence-corrected chi connectivity index (χ0v) is 10.2. The van der Waals surface area contributed by atoms with Crippen molar-refractivity contribution in [2.45, 2.75) is 58.7 Å². The molecule has 1 heterocycles. The smallest absolute Gasteiger partial charge is 0.306 e. The Morgan fingerprint density at radius 3 is 2.60 bits per heavy atom. The first-order chi connectivity index (χ1) is 6.95. The molecule has 0 spiro atoms. The Morgan fingerprint density at radius 1 is 1.53 bits per heavy atom. The SMILES string of the molecule is CCOC(=O)C[C@H](C)CCC1OC1(C)C. The fourth-order valence-electron chi connectivity index (χ4n) is 1.78. The quantitative estimate of drug-likeness (QED) is 0.504. The molecule has 0 radical (unpaired) electrons. The summed E-state index contributed by atoms with van der Waals surface area (Å²) in [5.74, 6) is 0.310. The van der Waals surface area contributed by atoms with Crippen molar-refractivity contribution < 1.29 is 14.3 Å². The van der Waals surface area contributed by atoms with Crippen molar-refractivity contribution in [1.29, 1.82) is 0 Å². The third kappa shape index (κ3) is 4.20. The lowest BCUT2D eigenvalue weighted by atomic mass is 9.97. The van der Waals surface area contributed by atoms with Gasteiger partial charge < -0.3 is 9.47 Å². The van der Waals surface area contributed by atoms with Crippen molar-refractivity contribution in [2.24, 2.45) is 5.92 Å². The Hall–Kier alpha value is -0.570. The van der Waals surface area contributed by atoms with Gasteiger partial charge >= 0.3 is 5.97 Å². The highest BCUT2D eigenvalue weighted by Gasteiger charge is 2.46. The van der Waals surface area contributed by atoms with E-state index in [2.05, 4.69) is 20.8 Å². The Kier molecular flexibility index (Phi) is 4.14. The third-order valence-corrected chi connectivity index (χ3v) is 2.91. The van der Waals surface area contributed by atoms with Gasteiger partial charge in [0, 0.05) is 6.42 Å². The Bertz CT molecular complexity index is 223. The second kappa shape index (κ2) is 4.97. The summed E-state index contributed by atoms with van der Waals surface area (Å²) in [5, 5.41) is 0. The molecule has 0 amide bonds. The summed E-state index contributed by atoms with van der Waals surface area (Å²) >= 11 is 0. The van der Waals surface area contributed by atoms with Gasteiger partial charge in [-0.3, -0.25) is 4.79 Å². The second-order valence-electron chi connectivity index (χ2n) is 4.90. The Labute approximate surface area is 92.1 Å². The van der Waals surface area contributed by atoms with Gasteiger partial charge in [-0.2, -0.15) is 0 Å². The van der Waals surface area contributed by atoms with E-state index < -0.39 is 0 Å². The molecule has 1 aliphatic heterocycles. The number of carbonyl (C=O) groups is 1. The molecule has 1 fully saturated rings. The van der Waals surface area contributed by atoms with Crippen LogP contribution >= 0.6 is 0 Å². The van der Waals surface area contributed by atoms with Crippen LogP contribution in [-0.2, 0) is 14.3 Å². The minimum absolute atomic E-state index is 0.0731. The minimum atomic E-state index is -0.0824. The van der Waals surface area contributed by atoms with E-state index in [1.165, 1.54) is 0 Å². The van der Waals surface area contributed by atoms with E-state index in [0.717, 1.165) is 12.8 Å². The highest BCUT2D eigenvalue weighted by molar-refractivity contribution is 5.69. The number of esters is 1. The maximum absolute atomic E-state index is 11.2. The highest BCUT2D eigenvalue weighted by atomic mass is 16.6. The molecule has 1 aliphatic rings. The predicted octanol–water partition coefficient (Wildman–Crippen LogP) is 2.53. The first-order valence-electron chi connectivity index (χ1n) is 5.79. The monoisotopic (exact) mass is 214 g/mol. The summed E-state index contributed by atoms with van der Waals surface area (Å²) in [4.78, 5) is 11.2. The first kappa shape index (κ1) is 12.5. The number of ether oxygens (including phenoxy) is 2. The van der Waals surface area contributed by atoms with Crippen molar-refractivity contribution in [1.82, 2.24) is 0 Å². The van der Waals surface area contributed by atoms with E-state index in [4.69, 9.17) is 9.47 Å². The minimum Gasteiger partial charge on any atom is -0.466 e. The van der Waals surface area contributed by atoms with Crippen LogP contribution in [0.1, 0.15) is 47.0 Å². The van der Waals surface area contributed by atoms with Crippen LogP contribution < -0.4 is 0 Å². The fraction of sp³-hybridized carbons (Fsp3) is 0.917. The van der Waals surface area contributed by atoms with Crippen LogP contribution in [-0.4, -0.2) is 24.3 Å². The fourth-order valence-corrected chi connectivity index (χ4v) is 1.78. The summed E-state index contributed by atoms with van der Waals surface area (Å²) in [5.41, 5.74) is 0.0731. The molecule has 2 atom stereocenters. The maximum Gasteiger partial charge on any atom is 0.306 e. The van der Waals surface area contributed by atoms with Gasteiger partial charge in [-0.15, -0.1) is 0 Å². The van der Waals surface area contributed by atoms with E-state index in [1.54, 1.807) is 0 Å². The highest BCUT2D eigenvalue weighted by Crippen LogP contribution is 2.39. The molecule has 3 heteroatoms. The molecule has 0 aromatic heterocycles. The van der Waals surface area contributed by atoms with E-state index >= 15 is 0 Å². The average molecular weight is 214 g/mol. The summed E-state index contributed by atoms with van der Waals surface area (Å²) in [6.07, 6.45) is 3.00. The molecule has 1 saturated heterocycles. The van der Waals surface area contributed by atoms with E-state index in [-0.39, 0.29) is 11.6 Å². The lowest BCUT2D eigenvalue weighted by molar-refractivity contribution is -0.144. The van der Waals surface area contributed by atoms with Crippen molar-refractivity contribution in [3.8, 4) is 0 Å². The van der Waals surface area contributed by atoms with Crippen LogP contribution in [0.4, 0.5) is 0 Å². The largest absolute Gasteiger partial charge is 0.466 e. The third-order valence-electron chi connectivity index (χ3n) is 2.91. The molecule has 1 unspecified atom stereocenters. The predicted molar refractivity (Wildman–Crippen MR) is 58.6 cm³/mol. The molecule has 3 nitrogen and oxygen atoms in total. The zero-order chi connectivity index (χ0) is 11.5. The summed E-state index contributed by atoms with van der Waals surface area (Å²) in [7, 11) is 0. The molecular formula is C12H22O3. The maximum atomic E-state index is 11.2. The van der Waals surface area contributed by atoms with Crippen molar-refractivity contribution >= 4 is 5.97 Å². The lowest BCUT2D eigenvalue weighted by Crippen LogP contribution is -2.11. The molecule has 0 bridgehead atoms. The topological polar surface area (TPSA) is 38.8 Å². The number of carbonyl (C=O) groups excluding carboxylic acids is 1. The standard InChI is InChI=1S/C12H22O3/c1-5-14-11(13)8-9(2)6-7-10-12(3,4)15-10/h9-10H,5-8H2,1-4H3/t9-,10?/m1/s1. The molecule has 0 saturated carbocycles. The number of hydrogen-bond acceptors (Lipinski definition) is 3. The van der Waals surface area contributed by atoms with Gasteiger partial charge in [0.15, 0.2) is 0 Å². The van der Waals surface area contributed by atoms with Crippen molar-refractivity contribution in [3.63, 3.8) is 0 Å². The number of rotatable bonds is 6. The normalized spacial score (nSPS) is 24.7. The van der Waals surface area contributed by atoms with Gasteiger partial charge in [-0.1, -0.05) is 6.92 Å². The van der Waals surface area contributed by atoms with Crippen molar-refractivity contribution in [2.75, 3.05) is 6.61 Å². The van der Waals surface area contributed by atoms with Gasteiger partial charge in [-0.25, -0.2) is 0 Å². The number of epoxide rings is 1. The van der Waals surface area contributed by atoms with E-state index in [0.29, 0.717) is 25.0 Å². The molecule has 88 valence electrons. The molecule has 0 N–H and O–H groups in total. The molecule has 1 rings (SSSR count). The Balaban J connectivity index is 2.09. The van der Waals surface area contributed by atoms with Crippen LogP contribution in [0.3, 0.4) is 0 Å². The van der Waals surface area contributed by atoms with Gasteiger partial charge in [0.1, 0.15) is 0 Å². The molecule has 0 aliphatic carbocycles. The zero-order valence-electron chi connectivity index (χ0n) is 10.2. The summed E-state index contributed by atoms with van der Waals surface area (Å²) in [6.45, 7) is 8.61. The van der Waals surface area contributed by atoms with Gasteiger partial charge in [0.2, 0.25) is 0 Å². The van der Waals surface area contributed by atoms with Crippen LogP contribution in [0.5, 0.6) is 0 Å². The average Bonchev–Trinajstić information content (AvgIpc) is 2.71. The van der Waals surface area contributed by atoms with E-state index in [9.17, 15) is 4.79 Å². The van der Waals surface area contributed by atoms with Crippen LogP contribution in [0.15, 0.2) is 0 Å². The van der Waals surface area contributed by atoms with Gasteiger partial charge in [0.05, 0.1) is 18.3 Å². The van der Waals surface area contributed by atoms with Crippen LogP contribution in [0, 0.1) is 5.92 Å². The molecule has 0 aromatic carbocycles. The van der Waals surface area contributed by atoms with Crippen LogP contribution in [0.25, 0.3) is 0 Å². The molecule has 15 heavy (non-hydrogen) atoms.